The van der Waals surface area contributed by atoms with Crippen molar-refractivity contribution in [2.45, 2.75) is 6.54 Å². The number of benzene rings is 1. The smallest absolute Gasteiger partial charge is 0.286 e. The Morgan fingerprint density at radius 1 is 1.43 bits per heavy atom. The molecule has 0 aliphatic heterocycles. The highest BCUT2D eigenvalue weighted by Gasteiger charge is 2.15. The topological polar surface area (TPSA) is 67.3 Å². The highest BCUT2D eigenvalue weighted by atomic mass is 35.5. The van der Waals surface area contributed by atoms with E-state index in [1.807, 2.05) is 37.2 Å². The molecule has 0 saturated carbocycles. The number of methoxy groups -OCH3 is 1. The van der Waals surface area contributed by atoms with Crippen LogP contribution in [0.2, 0.25) is 4.47 Å². The summed E-state index contributed by atoms with van der Waals surface area (Å²) in [5.41, 5.74) is 1.65. The summed E-state index contributed by atoms with van der Waals surface area (Å²) in [6.07, 6.45) is 0. The number of hydrogen-bond acceptors (Lipinski definition) is 6. The summed E-state index contributed by atoms with van der Waals surface area (Å²) in [5, 5.41) is 10.3. The van der Waals surface area contributed by atoms with Gasteiger partial charge < -0.3 is 15.0 Å². The lowest BCUT2D eigenvalue weighted by Gasteiger charge is -2.14. The normalized spacial score (nSPS) is 10.7. The van der Waals surface area contributed by atoms with E-state index in [0.29, 0.717) is 11.4 Å². The van der Waals surface area contributed by atoms with Crippen molar-refractivity contribution in [1.29, 1.82) is 0 Å². The molecule has 21 heavy (non-hydrogen) atoms. The Bertz CT molecular complexity index is 645. The molecule has 1 aromatic carbocycles. The maximum absolute atomic E-state index is 12.1. The van der Waals surface area contributed by atoms with E-state index in [9.17, 15) is 4.79 Å². The molecule has 0 fully saturated rings. The number of rotatable bonds is 5. The maximum Gasteiger partial charge on any atom is 0.286 e. The molecule has 2 aromatic rings. The van der Waals surface area contributed by atoms with Crippen molar-refractivity contribution >= 4 is 34.5 Å². The number of halogens is 1. The van der Waals surface area contributed by atoms with Gasteiger partial charge in [-0.1, -0.05) is 17.4 Å². The number of aromatic nitrogens is 2. The first-order valence-electron chi connectivity index (χ1n) is 6.11. The lowest BCUT2D eigenvalue weighted by atomic mass is 10.1. The van der Waals surface area contributed by atoms with Crippen molar-refractivity contribution in [2.75, 3.05) is 26.5 Å². The minimum absolute atomic E-state index is 0.208. The van der Waals surface area contributed by atoms with Gasteiger partial charge in [-0.05, 0) is 43.4 Å². The third kappa shape index (κ3) is 4.13. The molecule has 8 heteroatoms. The van der Waals surface area contributed by atoms with E-state index in [0.717, 1.165) is 23.4 Å². The first-order chi connectivity index (χ1) is 9.99. The van der Waals surface area contributed by atoms with Gasteiger partial charge in [-0.25, -0.2) is 0 Å². The Morgan fingerprint density at radius 3 is 2.76 bits per heavy atom. The van der Waals surface area contributed by atoms with E-state index in [-0.39, 0.29) is 15.4 Å². The monoisotopic (exact) mass is 326 g/mol. The fourth-order valence-electron chi connectivity index (χ4n) is 1.79. The summed E-state index contributed by atoms with van der Waals surface area (Å²) in [7, 11) is 5.51. The summed E-state index contributed by atoms with van der Waals surface area (Å²) < 4.78 is 5.49. The number of carbonyl (C=O) groups excluding carboxylic acids is 1. The third-order valence-corrected chi connectivity index (χ3v) is 3.62. The molecule has 0 saturated heterocycles. The van der Waals surface area contributed by atoms with E-state index in [2.05, 4.69) is 15.5 Å². The van der Waals surface area contributed by atoms with Crippen LogP contribution in [0.5, 0.6) is 5.75 Å². The molecule has 0 aliphatic rings. The molecule has 0 aliphatic carbocycles. The fourth-order valence-corrected chi connectivity index (χ4v) is 2.51. The molecule has 0 radical (unpaired) electrons. The molecule has 112 valence electrons. The first-order valence-corrected chi connectivity index (χ1v) is 7.31. The highest BCUT2D eigenvalue weighted by Crippen LogP contribution is 2.27. The summed E-state index contributed by atoms with van der Waals surface area (Å²) in [6, 6.07) is 5.65. The molecule has 1 N–H and O–H groups in total. The summed E-state index contributed by atoms with van der Waals surface area (Å²) in [4.78, 5) is 14.1. The SMILES string of the molecule is COc1ccc(CN(C)C)cc1NC(=O)c1nnc(Cl)s1. The molecule has 0 unspecified atom stereocenters. The second-order valence-electron chi connectivity index (χ2n) is 4.59. The average Bonchev–Trinajstić information content (AvgIpc) is 2.85. The number of ether oxygens (including phenoxy) is 1. The molecule has 0 atom stereocenters. The van der Waals surface area contributed by atoms with Crippen LogP contribution in [-0.4, -0.2) is 42.2 Å². The Labute approximate surface area is 131 Å². The maximum atomic E-state index is 12.1. The van der Waals surface area contributed by atoms with Gasteiger partial charge in [0.25, 0.3) is 5.91 Å². The molecular weight excluding hydrogens is 312 g/mol. The van der Waals surface area contributed by atoms with Gasteiger partial charge in [-0.15, -0.1) is 10.2 Å². The first kappa shape index (κ1) is 15.7. The van der Waals surface area contributed by atoms with Crippen LogP contribution in [-0.2, 0) is 6.54 Å². The molecule has 6 nitrogen and oxygen atoms in total. The Morgan fingerprint density at radius 2 is 2.19 bits per heavy atom. The van der Waals surface area contributed by atoms with E-state index in [1.165, 1.54) is 0 Å². The zero-order valence-corrected chi connectivity index (χ0v) is 13.5. The van der Waals surface area contributed by atoms with Crippen molar-refractivity contribution in [3.8, 4) is 5.75 Å². The lowest BCUT2D eigenvalue weighted by molar-refractivity contribution is 0.102. The van der Waals surface area contributed by atoms with Crippen molar-refractivity contribution in [2.24, 2.45) is 0 Å². The largest absolute Gasteiger partial charge is 0.495 e. The van der Waals surface area contributed by atoms with Crippen LogP contribution in [0.25, 0.3) is 0 Å². The zero-order valence-electron chi connectivity index (χ0n) is 11.9. The van der Waals surface area contributed by atoms with E-state index < -0.39 is 0 Å². The summed E-state index contributed by atoms with van der Waals surface area (Å²) in [6.45, 7) is 0.761. The predicted octanol–water partition coefficient (Wildman–Crippen LogP) is 2.51. The van der Waals surface area contributed by atoms with Crippen molar-refractivity contribution in [1.82, 2.24) is 15.1 Å². The van der Waals surface area contributed by atoms with E-state index in [1.54, 1.807) is 7.11 Å². The van der Waals surface area contributed by atoms with Crippen molar-refractivity contribution < 1.29 is 9.53 Å². The van der Waals surface area contributed by atoms with Gasteiger partial charge in [0.1, 0.15) is 5.75 Å². The predicted molar refractivity (Wildman–Crippen MR) is 83.3 cm³/mol. The van der Waals surface area contributed by atoms with Gasteiger partial charge in [-0.2, -0.15) is 0 Å². The number of nitrogens with one attached hydrogen (secondary N) is 1. The van der Waals surface area contributed by atoms with Crippen LogP contribution in [0, 0.1) is 0 Å². The molecule has 1 amide bonds. The van der Waals surface area contributed by atoms with Gasteiger partial charge in [0.15, 0.2) is 0 Å². The number of anilines is 1. The van der Waals surface area contributed by atoms with Crippen LogP contribution >= 0.6 is 22.9 Å². The van der Waals surface area contributed by atoms with Gasteiger partial charge in [0.2, 0.25) is 9.47 Å². The average molecular weight is 327 g/mol. The molecule has 0 spiro atoms. The molecule has 2 rings (SSSR count). The number of nitrogens with zero attached hydrogens (tertiary/aromatic N) is 3. The molecule has 0 bridgehead atoms. The minimum atomic E-state index is -0.361. The summed E-state index contributed by atoms with van der Waals surface area (Å²) in [5.74, 6) is 0.223. The number of amides is 1. The van der Waals surface area contributed by atoms with E-state index >= 15 is 0 Å². The van der Waals surface area contributed by atoms with Crippen LogP contribution in [0.15, 0.2) is 18.2 Å². The molecular formula is C13H15ClN4O2S. The number of carbonyl (C=O) groups is 1. The summed E-state index contributed by atoms with van der Waals surface area (Å²) >= 11 is 6.71. The Balaban J connectivity index is 2.22. The highest BCUT2D eigenvalue weighted by molar-refractivity contribution is 7.17. The molecule has 1 aromatic heterocycles. The second-order valence-corrected chi connectivity index (χ2v) is 6.15. The minimum Gasteiger partial charge on any atom is -0.495 e. The van der Waals surface area contributed by atoms with Gasteiger partial charge in [0, 0.05) is 6.54 Å². The van der Waals surface area contributed by atoms with Gasteiger partial charge in [-0.3, -0.25) is 4.79 Å². The Hall–Kier alpha value is -1.70. The second kappa shape index (κ2) is 6.84. The van der Waals surface area contributed by atoms with Crippen LogP contribution in [0.4, 0.5) is 5.69 Å². The van der Waals surface area contributed by atoms with Crippen LogP contribution < -0.4 is 10.1 Å². The third-order valence-electron chi connectivity index (χ3n) is 2.61. The van der Waals surface area contributed by atoms with E-state index in [4.69, 9.17) is 16.3 Å². The van der Waals surface area contributed by atoms with Crippen molar-refractivity contribution in [3.63, 3.8) is 0 Å². The quantitative estimate of drug-likeness (QED) is 0.914. The fraction of sp³-hybridized carbons (Fsp3) is 0.308. The molecule has 1 heterocycles. The zero-order chi connectivity index (χ0) is 15.4. The van der Waals surface area contributed by atoms with Gasteiger partial charge >= 0.3 is 0 Å². The van der Waals surface area contributed by atoms with Crippen LogP contribution in [0.1, 0.15) is 15.4 Å². The number of hydrogen-bond donors (Lipinski definition) is 1. The lowest BCUT2D eigenvalue weighted by Crippen LogP contribution is -2.14. The van der Waals surface area contributed by atoms with Gasteiger partial charge in [0.05, 0.1) is 12.8 Å². The standard InChI is InChI=1S/C13H15ClN4O2S/c1-18(2)7-8-4-5-10(20-3)9(6-8)15-11(19)12-16-17-13(14)21-12/h4-6H,7H2,1-3H3,(H,15,19). The Kier molecular flexibility index (Phi) is 5.11. The van der Waals surface area contributed by atoms with Crippen molar-refractivity contribution in [3.05, 3.63) is 33.2 Å². The van der Waals surface area contributed by atoms with Crippen LogP contribution in [0.3, 0.4) is 0 Å².